The Morgan fingerprint density at radius 3 is 2.26 bits per heavy atom. The van der Waals surface area contributed by atoms with Crippen LogP contribution in [0.2, 0.25) is 10.0 Å². The van der Waals surface area contributed by atoms with Crippen LogP contribution in [0.25, 0.3) is 5.76 Å². The third kappa shape index (κ3) is 4.11. The quantitative estimate of drug-likeness (QED) is 0.264. The number of benzene rings is 3. The summed E-state index contributed by atoms with van der Waals surface area (Å²) in [5.41, 5.74) is 2.75. The fourth-order valence-corrected chi connectivity index (χ4v) is 4.57. The average Bonchev–Trinajstić information content (AvgIpc) is 3.05. The van der Waals surface area contributed by atoms with Gasteiger partial charge in [0.15, 0.2) is 0 Å². The number of nitrogens with zero attached hydrogens (tertiary/aromatic N) is 1. The molecule has 6 nitrogen and oxygen atoms in total. The number of rotatable bonds is 4. The maximum atomic E-state index is 13.3. The van der Waals surface area contributed by atoms with Crippen molar-refractivity contribution in [1.29, 1.82) is 0 Å². The van der Waals surface area contributed by atoms with Crippen LogP contribution in [-0.4, -0.2) is 29.0 Å². The van der Waals surface area contributed by atoms with Crippen molar-refractivity contribution in [1.82, 2.24) is 0 Å². The van der Waals surface area contributed by atoms with E-state index in [1.54, 1.807) is 30.3 Å². The predicted molar refractivity (Wildman–Crippen MR) is 132 cm³/mol. The number of aliphatic hydroxyl groups excluding tert-OH is 1. The molecule has 1 atom stereocenters. The number of hydrogen-bond acceptors (Lipinski definition) is 5. The minimum atomic E-state index is -1.01. The molecule has 0 aromatic heterocycles. The van der Waals surface area contributed by atoms with Crippen LogP contribution >= 0.6 is 23.2 Å². The Kier molecular flexibility index (Phi) is 6.30. The lowest BCUT2D eigenvalue weighted by atomic mass is 9.94. The van der Waals surface area contributed by atoms with Crippen molar-refractivity contribution < 1.29 is 24.5 Å². The van der Waals surface area contributed by atoms with Crippen molar-refractivity contribution in [2.45, 2.75) is 19.9 Å². The summed E-state index contributed by atoms with van der Waals surface area (Å²) in [6.45, 7) is 3.77. The number of hydrogen-bond donors (Lipinski definition) is 2. The number of phenols is 1. The summed E-state index contributed by atoms with van der Waals surface area (Å²) < 4.78 is 5.35. The largest absolute Gasteiger partial charge is 0.507 e. The number of aliphatic hydroxyl groups is 1. The maximum absolute atomic E-state index is 13.3. The molecule has 8 heteroatoms. The lowest BCUT2D eigenvalue weighted by molar-refractivity contribution is -0.132. The van der Waals surface area contributed by atoms with Gasteiger partial charge in [0.25, 0.3) is 11.7 Å². The van der Waals surface area contributed by atoms with Crippen LogP contribution in [0, 0.1) is 13.8 Å². The molecule has 1 amide bonds. The van der Waals surface area contributed by atoms with E-state index in [0.717, 1.165) is 11.1 Å². The monoisotopic (exact) mass is 497 g/mol. The van der Waals surface area contributed by atoms with Crippen molar-refractivity contribution in [3.63, 3.8) is 0 Å². The summed E-state index contributed by atoms with van der Waals surface area (Å²) in [4.78, 5) is 28.0. The first-order valence-corrected chi connectivity index (χ1v) is 11.1. The minimum Gasteiger partial charge on any atom is -0.507 e. The number of carbonyl (C=O) groups is 2. The van der Waals surface area contributed by atoms with Crippen LogP contribution in [-0.2, 0) is 9.59 Å². The summed E-state index contributed by atoms with van der Waals surface area (Å²) in [6, 6.07) is 13.5. The summed E-state index contributed by atoms with van der Waals surface area (Å²) >= 11 is 12.3. The summed E-state index contributed by atoms with van der Waals surface area (Å²) in [7, 11) is 1.42. The standard InChI is InChI=1S/C26H21Cl2NO5/c1-13-8-14(2)10-17(9-13)29-23(15-4-6-20(30)19(28)11-15)22(25(32)26(29)33)24(31)18-12-16(27)5-7-21(18)34-3/h4-12,23,30-31H,1-3H3/b24-22+. The summed E-state index contributed by atoms with van der Waals surface area (Å²) in [6.07, 6.45) is 0. The average molecular weight is 498 g/mol. The Balaban J connectivity index is 2.03. The van der Waals surface area contributed by atoms with Crippen LogP contribution in [0.1, 0.15) is 28.3 Å². The number of amides is 1. The van der Waals surface area contributed by atoms with Crippen LogP contribution in [0.15, 0.2) is 60.2 Å². The number of aromatic hydroxyl groups is 1. The fraction of sp³-hybridized carbons (Fsp3) is 0.154. The lowest BCUT2D eigenvalue weighted by Crippen LogP contribution is -2.29. The molecule has 1 heterocycles. The molecule has 0 aliphatic carbocycles. The molecular weight excluding hydrogens is 477 g/mol. The number of ketones is 1. The smallest absolute Gasteiger partial charge is 0.300 e. The van der Waals surface area contributed by atoms with Gasteiger partial charge < -0.3 is 14.9 Å². The second-order valence-corrected chi connectivity index (χ2v) is 8.91. The van der Waals surface area contributed by atoms with Gasteiger partial charge in [-0.05, 0) is 73.0 Å². The van der Waals surface area contributed by atoms with Gasteiger partial charge in [-0.3, -0.25) is 14.5 Å². The highest BCUT2D eigenvalue weighted by molar-refractivity contribution is 6.51. The molecular formula is C26H21Cl2NO5. The maximum Gasteiger partial charge on any atom is 0.300 e. The van der Waals surface area contributed by atoms with Gasteiger partial charge in [-0.1, -0.05) is 35.3 Å². The van der Waals surface area contributed by atoms with E-state index in [0.29, 0.717) is 16.3 Å². The second-order valence-electron chi connectivity index (χ2n) is 8.07. The molecule has 174 valence electrons. The minimum absolute atomic E-state index is 0.0452. The Morgan fingerprint density at radius 2 is 1.65 bits per heavy atom. The molecule has 1 fully saturated rings. The first-order valence-electron chi connectivity index (χ1n) is 10.3. The number of aryl methyl sites for hydroxylation is 2. The number of anilines is 1. The highest BCUT2D eigenvalue weighted by atomic mass is 35.5. The molecule has 0 saturated carbocycles. The van der Waals surface area contributed by atoms with Crippen molar-refractivity contribution in [3.8, 4) is 11.5 Å². The number of ether oxygens (including phenoxy) is 1. The van der Waals surface area contributed by atoms with Gasteiger partial charge >= 0.3 is 0 Å². The van der Waals surface area contributed by atoms with Crippen LogP contribution < -0.4 is 9.64 Å². The topological polar surface area (TPSA) is 87.1 Å². The predicted octanol–water partition coefficient (Wildman–Crippen LogP) is 5.95. The molecule has 1 aliphatic heterocycles. The van der Waals surface area contributed by atoms with Gasteiger partial charge in [0.05, 0.1) is 29.3 Å². The van der Waals surface area contributed by atoms with E-state index in [1.165, 1.54) is 30.2 Å². The van der Waals surface area contributed by atoms with Gasteiger partial charge in [-0.15, -0.1) is 0 Å². The number of carbonyl (C=O) groups excluding carboxylic acids is 2. The molecule has 0 spiro atoms. The SMILES string of the molecule is COc1ccc(Cl)cc1/C(O)=C1\C(=O)C(=O)N(c2cc(C)cc(C)c2)C1c1ccc(O)c(Cl)c1. The van der Waals surface area contributed by atoms with E-state index >= 15 is 0 Å². The van der Waals surface area contributed by atoms with Crippen LogP contribution in [0.3, 0.4) is 0 Å². The summed E-state index contributed by atoms with van der Waals surface area (Å²) in [5.74, 6) is -1.97. The van der Waals surface area contributed by atoms with Crippen molar-refractivity contribution in [3.05, 3.63) is 92.5 Å². The van der Waals surface area contributed by atoms with E-state index in [4.69, 9.17) is 27.9 Å². The highest BCUT2D eigenvalue weighted by Crippen LogP contribution is 2.45. The van der Waals surface area contributed by atoms with Crippen molar-refractivity contribution >= 4 is 46.3 Å². The molecule has 3 aromatic carbocycles. The van der Waals surface area contributed by atoms with Gasteiger partial charge in [-0.2, -0.15) is 0 Å². The number of Topliss-reactive ketones (excluding diaryl/α,β-unsaturated/α-hetero) is 1. The molecule has 0 bridgehead atoms. The normalized spacial score (nSPS) is 17.3. The van der Waals surface area contributed by atoms with Gasteiger partial charge in [0.2, 0.25) is 0 Å². The van der Waals surface area contributed by atoms with E-state index < -0.39 is 23.5 Å². The molecule has 34 heavy (non-hydrogen) atoms. The molecule has 0 radical (unpaired) electrons. The van der Waals surface area contributed by atoms with Crippen molar-refractivity contribution in [2.24, 2.45) is 0 Å². The zero-order valence-corrected chi connectivity index (χ0v) is 20.1. The van der Waals surface area contributed by atoms with E-state index in [2.05, 4.69) is 0 Å². The summed E-state index contributed by atoms with van der Waals surface area (Å²) in [5, 5.41) is 21.6. The van der Waals surface area contributed by atoms with Crippen molar-refractivity contribution in [2.75, 3.05) is 12.0 Å². The van der Waals surface area contributed by atoms with Crippen LogP contribution in [0.4, 0.5) is 5.69 Å². The van der Waals surface area contributed by atoms with E-state index in [-0.39, 0.29) is 27.7 Å². The zero-order valence-electron chi connectivity index (χ0n) is 18.6. The second kappa shape index (κ2) is 9.05. The number of halogens is 2. The first-order chi connectivity index (χ1) is 16.1. The lowest BCUT2D eigenvalue weighted by Gasteiger charge is -2.26. The Labute approximate surface area is 206 Å². The van der Waals surface area contributed by atoms with Gasteiger partial charge in [0, 0.05) is 10.7 Å². The van der Waals surface area contributed by atoms with E-state index in [9.17, 15) is 19.8 Å². The molecule has 2 N–H and O–H groups in total. The third-order valence-corrected chi connectivity index (χ3v) is 6.17. The Morgan fingerprint density at radius 1 is 0.971 bits per heavy atom. The Bertz CT molecular complexity index is 1350. The number of methoxy groups -OCH3 is 1. The molecule has 3 aromatic rings. The number of phenolic OH excluding ortho intramolecular Hbond substituents is 1. The van der Waals surface area contributed by atoms with Gasteiger partial charge in [-0.25, -0.2) is 0 Å². The molecule has 1 aliphatic rings. The van der Waals surface area contributed by atoms with E-state index in [1.807, 2.05) is 19.9 Å². The van der Waals surface area contributed by atoms with Crippen LogP contribution in [0.5, 0.6) is 11.5 Å². The fourth-order valence-electron chi connectivity index (χ4n) is 4.21. The molecule has 4 rings (SSSR count). The Hall–Kier alpha value is -3.48. The highest BCUT2D eigenvalue weighted by Gasteiger charge is 2.47. The first kappa shape index (κ1) is 23.7. The zero-order chi connectivity index (χ0) is 24.7. The molecule has 1 unspecified atom stereocenters. The molecule has 1 saturated heterocycles. The third-order valence-electron chi connectivity index (χ3n) is 5.63. The van der Waals surface area contributed by atoms with Gasteiger partial charge in [0.1, 0.15) is 17.3 Å².